The smallest absolute Gasteiger partial charge is 0.255 e. The molecule has 5 nitrogen and oxygen atoms in total. The van der Waals surface area contributed by atoms with Crippen LogP contribution in [0.5, 0.6) is 0 Å². The molecule has 2 rings (SSSR count). The second kappa shape index (κ2) is 4.94. The molecule has 2 heterocycles. The Kier molecular flexibility index (Phi) is 3.52. The summed E-state index contributed by atoms with van der Waals surface area (Å²) in [5, 5.41) is 3.39. The maximum absolute atomic E-state index is 12.4. The van der Waals surface area contributed by atoms with Gasteiger partial charge in [0.2, 0.25) is 5.56 Å². The molecular weight excluding hydrogens is 230 g/mol. The molecule has 0 aromatic carbocycles. The van der Waals surface area contributed by atoms with Crippen molar-refractivity contribution in [1.82, 2.24) is 15.2 Å². The predicted octanol–water partition coefficient (Wildman–Crippen LogP) is 0.506. The van der Waals surface area contributed by atoms with Crippen molar-refractivity contribution in [1.29, 1.82) is 0 Å². The van der Waals surface area contributed by atoms with Gasteiger partial charge >= 0.3 is 0 Å². The number of nitrogens with one attached hydrogen (secondary N) is 2. The van der Waals surface area contributed by atoms with Crippen LogP contribution in [0.15, 0.2) is 17.1 Å². The standard InChI is InChI=1S/C13H19N3O2/c1-8-4-12(17)14-5-11(8)13(18)16-6-9(2)15-10(3)7-16/h4-5,9-10,15H,6-7H2,1-3H3,(H,14,17)/t9-,10+. The number of pyridine rings is 1. The van der Waals surface area contributed by atoms with Crippen LogP contribution in [-0.2, 0) is 0 Å². The van der Waals surface area contributed by atoms with E-state index in [1.54, 1.807) is 6.92 Å². The van der Waals surface area contributed by atoms with E-state index in [0.29, 0.717) is 30.7 Å². The van der Waals surface area contributed by atoms with E-state index in [2.05, 4.69) is 24.1 Å². The maximum atomic E-state index is 12.4. The van der Waals surface area contributed by atoms with Gasteiger partial charge in [0, 0.05) is 37.4 Å². The van der Waals surface area contributed by atoms with E-state index in [1.165, 1.54) is 12.3 Å². The van der Waals surface area contributed by atoms with Crippen LogP contribution in [0, 0.1) is 6.92 Å². The van der Waals surface area contributed by atoms with Gasteiger partial charge in [0.15, 0.2) is 0 Å². The van der Waals surface area contributed by atoms with Crippen molar-refractivity contribution in [3.8, 4) is 0 Å². The quantitative estimate of drug-likeness (QED) is 0.762. The highest BCUT2D eigenvalue weighted by Crippen LogP contribution is 2.11. The van der Waals surface area contributed by atoms with Crippen LogP contribution in [0.2, 0.25) is 0 Å². The SMILES string of the molecule is Cc1cc(=O)[nH]cc1C(=O)N1C[C@@H](C)N[C@@H](C)C1. The number of hydrogen-bond donors (Lipinski definition) is 2. The first-order valence-electron chi connectivity index (χ1n) is 6.22. The molecule has 1 aliphatic rings. The molecule has 1 amide bonds. The molecule has 5 heteroatoms. The fourth-order valence-electron chi connectivity index (χ4n) is 2.47. The van der Waals surface area contributed by atoms with Crippen LogP contribution in [0.4, 0.5) is 0 Å². The predicted molar refractivity (Wildman–Crippen MR) is 69.8 cm³/mol. The van der Waals surface area contributed by atoms with Gasteiger partial charge < -0.3 is 15.2 Å². The van der Waals surface area contributed by atoms with Crippen LogP contribution < -0.4 is 10.9 Å². The lowest BCUT2D eigenvalue weighted by atomic mass is 10.1. The summed E-state index contributed by atoms with van der Waals surface area (Å²) in [6, 6.07) is 2.05. The Bertz CT molecular complexity index is 499. The van der Waals surface area contributed by atoms with Crippen LogP contribution in [0.3, 0.4) is 0 Å². The van der Waals surface area contributed by atoms with Crippen molar-refractivity contribution in [2.24, 2.45) is 0 Å². The fraction of sp³-hybridized carbons (Fsp3) is 0.538. The Morgan fingerprint density at radius 2 is 1.94 bits per heavy atom. The van der Waals surface area contributed by atoms with Gasteiger partial charge in [0.05, 0.1) is 5.56 Å². The van der Waals surface area contributed by atoms with E-state index in [1.807, 2.05) is 4.90 Å². The van der Waals surface area contributed by atoms with Crippen molar-refractivity contribution in [3.05, 3.63) is 33.7 Å². The number of H-pyrrole nitrogens is 1. The molecular formula is C13H19N3O2. The second-order valence-electron chi connectivity index (χ2n) is 5.07. The second-order valence-corrected chi connectivity index (χ2v) is 5.07. The van der Waals surface area contributed by atoms with Gasteiger partial charge in [-0.3, -0.25) is 9.59 Å². The van der Waals surface area contributed by atoms with E-state index >= 15 is 0 Å². The fourth-order valence-corrected chi connectivity index (χ4v) is 2.47. The summed E-state index contributed by atoms with van der Waals surface area (Å²) in [5.74, 6) is -0.0102. The normalized spacial score (nSPS) is 24.1. The number of carbonyl (C=O) groups excluding carboxylic acids is 1. The number of aryl methyl sites for hydroxylation is 1. The zero-order valence-corrected chi connectivity index (χ0v) is 11.0. The van der Waals surface area contributed by atoms with E-state index < -0.39 is 0 Å². The molecule has 98 valence electrons. The first kappa shape index (κ1) is 12.8. The van der Waals surface area contributed by atoms with Gasteiger partial charge in [-0.2, -0.15) is 0 Å². The van der Waals surface area contributed by atoms with Gasteiger partial charge in [0.25, 0.3) is 5.91 Å². The van der Waals surface area contributed by atoms with Crippen LogP contribution in [0.1, 0.15) is 29.8 Å². The minimum atomic E-state index is -0.175. The Morgan fingerprint density at radius 1 is 1.33 bits per heavy atom. The topological polar surface area (TPSA) is 65.2 Å². The average Bonchev–Trinajstić information content (AvgIpc) is 2.26. The highest BCUT2D eigenvalue weighted by Gasteiger charge is 2.26. The molecule has 2 N–H and O–H groups in total. The summed E-state index contributed by atoms with van der Waals surface area (Å²) in [7, 11) is 0. The number of rotatable bonds is 1. The molecule has 1 aliphatic heterocycles. The molecule has 0 spiro atoms. The molecule has 18 heavy (non-hydrogen) atoms. The summed E-state index contributed by atoms with van der Waals surface area (Å²) in [4.78, 5) is 28.0. The number of aromatic amines is 1. The first-order valence-corrected chi connectivity index (χ1v) is 6.22. The minimum absolute atomic E-state index is 0.0102. The zero-order chi connectivity index (χ0) is 13.3. The molecule has 0 unspecified atom stereocenters. The number of amides is 1. The number of hydrogen-bond acceptors (Lipinski definition) is 3. The van der Waals surface area contributed by atoms with Crippen LogP contribution >= 0.6 is 0 Å². The van der Waals surface area contributed by atoms with E-state index in [0.717, 1.165) is 5.56 Å². The van der Waals surface area contributed by atoms with Crippen molar-refractivity contribution in [2.75, 3.05) is 13.1 Å². The molecule has 2 atom stereocenters. The van der Waals surface area contributed by atoms with Crippen LogP contribution in [0.25, 0.3) is 0 Å². The number of piperazine rings is 1. The molecule has 0 aliphatic carbocycles. The van der Waals surface area contributed by atoms with Crippen molar-refractivity contribution >= 4 is 5.91 Å². The number of nitrogens with zero attached hydrogens (tertiary/aromatic N) is 1. The maximum Gasteiger partial charge on any atom is 0.255 e. The zero-order valence-electron chi connectivity index (χ0n) is 11.0. The Hall–Kier alpha value is -1.62. The Morgan fingerprint density at radius 3 is 2.50 bits per heavy atom. The molecule has 0 radical (unpaired) electrons. The highest BCUT2D eigenvalue weighted by molar-refractivity contribution is 5.95. The summed E-state index contributed by atoms with van der Waals surface area (Å²) in [6.45, 7) is 7.31. The molecule has 0 bridgehead atoms. The molecule has 1 aromatic rings. The number of aromatic nitrogens is 1. The summed E-state index contributed by atoms with van der Waals surface area (Å²) in [6.07, 6.45) is 1.51. The van der Waals surface area contributed by atoms with Crippen molar-refractivity contribution < 1.29 is 4.79 Å². The third-order valence-corrected chi connectivity index (χ3v) is 3.21. The molecule has 1 fully saturated rings. The van der Waals surface area contributed by atoms with Crippen LogP contribution in [-0.4, -0.2) is 41.0 Å². The summed E-state index contributed by atoms with van der Waals surface area (Å²) < 4.78 is 0. The average molecular weight is 249 g/mol. The lowest BCUT2D eigenvalue weighted by molar-refractivity contribution is 0.0672. The van der Waals surface area contributed by atoms with E-state index in [-0.39, 0.29) is 11.5 Å². The lowest BCUT2D eigenvalue weighted by Crippen LogP contribution is -2.55. The highest BCUT2D eigenvalue weighted by atomic mass is 16.2. The van der Waals surface area contributed by atoms with Gasteiger partial charge in [0.1, 0.15) is 0 Å². The third kappa shape index (κ3) is 2.61. The van der Waals surface area contributed by atoms with Crippen molar-refractivity contribution in [3.63, 3.8) is 0 Å². The molecule has 1 saturated heterocycles. The van der Waals surface area contributed by atoms with Gasteiger partial charge in [-0.25, -0.2) is 0 Å². The van der Waals surface area contributed by atoms with Crippen molar-refractivity contribution in [2.45, 2.75) is 32.9 Å². The lowest BCUT2D eigenvalue weighted by Gasteiger charge is -2.36. The number of carbonyl (C=O) groups is 1. The minimum Gasteiger partial charge on any atom is -0.335 e. The Labute approximate surface area is 106 Å². The molecule has 1 aromatic heterocycles. The summed E-state index contributed by atoms with van der Waals surface area (Å²) >= 11 is 0. The van der Waals surface area contributed by atoms with Gasteiger partial charge in [-0.1, -0.05) is 0 Å². The van der Waals surface area contributed by atoms with Gasteiger partial charge in [-0.05, 0) is 26.3 Å². The first-order chi connectivity index (χ1) is 8.47. The third-order valence-electron chi connectivity index (χ3n) is 3.21. The summed E-state index contributed by atoms with van der Waals surface area (Å²) in [5.41, 5.74) is 1.13. The van der Waals surface area contributed by atoms with Gasteiger partial charge in [-0.15, -0.1) is 0 Å². The van der Waals surface area contributed by atoms with E-state index in [4.69, 9.17) is 0 Å². The Balaban J connectivity index is 2.22. The van der Waals surface area contributed by atoms with E-state index in [9.17, 15) is 9.59 Å². The molecule has 0 saturated carbocycles. The largest absolute Gasteiger partial charge is 0.335 e. The monoisotopic (exact) mass is 249 g/mol.